The Morgan fingerprint density at radius 3 is 2.34 bits per heavy atom. The van der Waals surface area contributed by atoms with Gasteiger partial charge in [0, 0.05) is 23.7 Å². The maximum Gasteiger partial charge on any atom is 0.254 e. The molecule has 0 bridgehead atoms. The molecule has 1 aliphatic rings. The number of carbonyl (C=O) groups excluding carboxylic acids is 1. The second-order valence-electron chi connectivity index (χ2n) is 8.23. The Bertz CT molecular complexity index is 1270. The molecule has 4 aromatic carbocycles. The molecule has 0 saturated heterocycles. The molecule has 0 N–H and O–H groups in total. The van der Waals surface area contributed by atoms with Crippen molar-refractivity contribution in [3.8, 4) is 11.1 Å². The third-order valence-corrected chi connectivity index (χ3v) is 6.54. The average Bonchev–Trinajstić information content (AvgIpc) is 3.22. The molecule has 2 nitrogen and oxygen atoms in total. The van der Waals surface area contributed by atoms with Crippen LogP contribution in [0.25, 0.3) is 11.1 Å². The minimum absolute atomic E-state index is 0.0504. The van der Waals surface area contributed by atoms with Crippen LogP contribution in [-0.2, 0) is 19.4 Å². The predicted octanol–water partition coefficient (Wildman–Crippen LogP) is 6.80. The first kappa shape index (κ1) is 20.5. The van der Waals surface area contributed by atoms with Crippen LogP contribution in [0.3, 0.4) is 0 Å². The number of amides is 1. The summed E-state index contributed by atoms with van der Waals surface area (Å²) in [5, 5.41) is 0.689. The van der Waals surface area contributed by atoms with E-state index in [-0.39, 0.29) is 5.91 Å². The number of nitrogens with zero attached hydrogens (tertiary/aromatic N) is 1. The molecule has 0 radical (unpaired) electrons. The molecular weight excluding hydrogens is 414 g/mol. The molecule has 0 spiro atoms. The summed E-state index contributed by atoms with van der Waals surface area (Å²) in [6, 6.07) is 32.6. The summed E-state index contributed by atoms with van der Waals surface area (Å²) in [6.07, 6.45) is 1.67. The highest BCUT2D eigenvalue weighted by atomic mass is 35.5. The molecule has 0 fully saturated rings. The molecule has 5 rings (SSSR count). The summed E-state index contributed by atoms with van der Waals surface area (Å²) < 4.78 is 0. The van der Waals surface area contributed by atoms with Gasteiger partial charge in [0.1, 0.15) is 0 Å². The van der Waals surface area contributed by atoms with E-state index in [0.717, 1.165) is 29.5 Å². The lowest BCUT2D eigenvalue weighted by atomic mass is 9.98. The van der Waals surface area contributed by atoms with Gasteiger partial charge in [-0.3, -0.25) is 4.79 Å². The van der Waals surface area contributed by atoms with E-state index in [1.54, 1.807) is 0 Å². The Balaban J connectivity index is 1.50. The lowest BCUT2D eigenvalue weighted by Gasteiger charge is -2.25. The summed E-state index contributed by atoms with van der Waals surface area (Å²) in [6.45, 7) is 1.11. The zero-order valence-electron chi connectivity index (χ0n) is 17.8. The number of halogens is 1. The van der Waals surface area contributed by atoms with E-state index >= 15 is 0 Å². The maximum absolute atomic E-state index is 13.9. The molecule has 0 heterocycles. The molecule has 4 aromatic rings. The molecule has 32 heavy (non-hydrogen) atoms. The van der Waals surface area contributed by atoms with Crippen LogP contribution in [0.15, 0.2) is 97.1 Å². The van der Waals surface area contributed by atoms with E-state index in [1.165, 1.54) is 22.3 Å². The molecule has 158 valence electrons. The van der Waals surface area contributed by atoms with E-state index in [1.807, 2.05) is 65.6 Å². The minimum Gasteiger partial charge on any atom is -0.334 e. The topological polar surface area (TPSA) is 20.3 Å². The van der Waals surface area contributed by atoms with Gasteiger partial charge in [0.25, 0.3) is 5.91 Å². The van der Waals surface area contributed by atoms with Crippen LogP contribution in [0.4, 0.5) is 0 Å². The number of rotatable bonds is 6. The van der Waals surface area contributed by atoms with Crippen molar-refractivity contribution in [2.45, 2.75) is 19.4 Å². The fourth-order valence-electron chi connectivity index (χ4n) is 4.53. The van der Waals surface area contributed by atoms with Crippen LogP contribution in [0.1, 0.15) is 32.6 Å². The van der Waals surface area contributed by atoms with Crippen LogP contribution >= 0.6 is 11.6 Å². The van der Waals surface area contributed by atoms with Gasteiger partial charge in [0.2, 0.25) is 0 Å². The van der Waals surface area contributed by atoms with Crippen molar-refractivity contribution in [2.75, 3.05) is 6.54 Å². The highest BCUT2D eigenvalue weighted by molar-refractivity contribution is 6.31. The monoisotopic (exact) mass is 437 g/mol. The van der Waals surface area contributed by atoms with E-state index < -0.39 is 0 Å². The fraction of sp³-hybridized carbons (Fsp3) is 0.138. The second-order valence-corrected chi connectivity index (χ2v) is 8.63. The van der Waals surface area contributed by atoms with E-state index in [9.17, 15) is 4.79 Å². The summed E-state index contributed by atoms with van der Waals surface area (Å²) in [5.41, 5.74) is 7.70. The quantitative estimate of drug-likeness (QED) is 0.286. The Hall–Kier alpha value is -3.36. The van der Waals surface area contributed by atoms with Gasteiger partial charge in [-0.1, -0.05) is 96.5 Å². The van der Waals surface area contributed by atoms with E-state index in [4.69, 9.17) is 11.6 Å². The average molecular weight is 438 g/mol. The molecule has 1 amide bonds. The lowest BCUT2D eigenvalue weighted by molar-refractivity contribution is 0.0746. The molecule has 0 atom stereocenters. The first-order valence-electron chi connectivity index (χ1n) is 11.0. The summed E-state index contributed by atoms with van der Waals surface area (Å²) in [4.78, 5) is 15.9. The Labute approximate surface area is 194 Å². The molecule has 0 aliphatic heterocycles. The SMILES string of the molecule is O=C(c1cccc2c1-c1ccccc1C2)N(CCc1ccccc1)Cc1ccccc1Cl. The highest BCUT2D eigenvalue weighted by Crippen LogP contribution is 2.39. The minimum atomic E-state index is 0.0504. The summed E-state index contributed by atoms with van der Waals surface area (Å²) in [7, 11) is 0. The Morgan fingerprint density at radius 2 is 1.50 bits per heavy atom. The van der Waals surface area contributed by atoms with Crippen LogP contribution in [0.2, 0.25) is 5.02 Å². The second kappa shape index (κ2) is 9.02. The van der Waals surface area contributed by atoms with Crippen molar-refractivity contribution in [1.82, 2.24) is 4.90 Å². The number of carbonyl (C=O) groups is 1. The van der Waals surface area contributed by atoms with Crippen LogP contribution < -0.4 is 0 Å². The number of hydrogen-bond acceptors (Lipinski definition) is 1. The van der Waals surface area contributed by atoms with Crippen molar-refractivity contribution >= 4 is 17.5 Å². The molecule has 0 unspecified atom stereocenters. The van der Waals surface area contributed by atoms with Gasteiger partial charge in [-0.2, -0.15) is 0 Å². The number of benzene rings is 4. The Morgan fingerprint density at radius 1 is 0.781 bits per heavy atom. The number of fused-ring (bicyclic) bond motifs is 3. The van der Waals surface area contributed by atoms with Crippen LogP contribution in [-0.4, -0.2) is 17.4 Å². The van der Waals surface area contributed by atoms with Gasteiger partial charge in [-0.15, -0.1) is 0 Å². The highest BCUT2D eigenvalue weighted by Gasteiger charge is 2.26. The Kier molecular flexibility index (Phi) is 5.79. The zero-order valence-corrected chi connectivity index (χ0v) is 18.6. The first-order valence-corrected chi connectivity index (χ1v) is 11.4. The molecule has 0 aromatic heterocycles. The van der Waals surface area contributed by atoms with Crippen molar-refractivity contribution < 1.29 is 4.79 Å². The van der Waals surface area contributed by atoms with Crippen LogP contribution in [0, 0.1) is 0 Å². The zero-order chi connectivity index (χ0) is 21.9. The standard InChI is InChI=1S/C29H24ClNO/c30-27-16-7-5-12-24(27)20-31(18-17-21-9-2-1-3-10-21)29(32)26-15-8-13-23-19-22-11-4-6-14-25(22)28(23)26/h1-16H,17-20H2. The van der Waals surface area contributed by atoms with Gasteiger partial charge in [0.05, 0.1) is 0 Å². The summed E-state index contributed by atoms with van der Waals surface area (Å²) >= 11 is 6.46. The van der Waals surface area contributed by atoms with Gasteiger partial charge in [0.15, 0.2) is 0 Å². The molecule has 0 saturated carbocycles. The van der Waals surface area contributed by atoms with E-state index in [0.29, 0.717) is 18.1 Å². The van der Waals surface area contributed by atoms with E-state index in [2.05, 4.69) is 36.4 Å². The lowest BCUT2D eigenvalue weighted by Crippen LogP contribution is -2.33. The van der Waals surface area contributed by atoms with Crippen LogP contribution in [0.5, 0.6) is 0 Å². The molecule has 1 aliphatic carbocycles. The predicted molar refractivity (Wildman–Crippen MR) is 131 cm³/mol. The van der Waals surface area contributed by atoms with Crippen molar-refractivity contribution in [2.24, 2.45) is 0 Å². The van der Waals surface area contributed by atoms with Gasteiger partial charge >= 0.3 is 0 Å². The molecule has 3 heteroatoms. The normalized spacial score (nSPS) is 11.7. The number of hydrogen-bond donors (Lipinski definition) is 0. The smallest absolute Gasteiger partial charge is 0.254 e. The molecular formula is C29H24ClNO. The maximum atomic E-state index is 13.9. The largest absolute Gasteiger partial charge is 0.334 e. The van der Waals surface area contributed by atoms with Crippen molar-refractivity contribution in [3.63, 3.8) is 0 Å². The van der Waals surface area contributed by atoms with Crippen molar-refractivity contribution in [3.05, 3.63) is 130 Å². The fourth-order valence-corrected chi connectivity index (χ4v) is 4.73. The van der Waals surface area contributed by atoms with Gasteiger partial charge in [-0.25, -0.2) is 0 Å². The van der Waals surface area contributed by atoms with Gasteiger partial charge in [-0.05, 0) is 58.4 Å². The third-order valence-electron chi connectivity index (χ3n) is 6.17. The first-order chi connectivity index (χ1) is 15.7. The van der Waals surface area contributed by atoms with Crippen molar-refractivity contribution in [1.29, 1.82) is 0 Å². The summed E-state index contributed by atoms with van der Waals surface area (Å²) in [5.74, 6) is 0.0504. The third kappa shape index (κ3) is 4.06. The van der Waals surface area contributed by atoms with Gasteiger partial charge < -0.3 is 4.90 Å².